The van der Waals surface area contributed by atoms with Gasteiger partial charge < -0.3 is 20.5 Å². The predicted molar refractivity (Wildman–Crippen MR) is 63.5 cm³/mol. The average Bonchev–Trinajstić information content (AvgIpc) is 2.74. The molecule has 3 N–H and O–H groups in total. The number of nitrogens with one attached hydrogen (secondary N) is 1. The Balaban J connectivity index is 1.95. The Labute approximate surface area is 101 Å². The zero-order chi connectivity index (χ0) is 12.6. The molecule has 2 rings (SSSR count). The third-order valence-corrected chi connectivity index (χ3v) is 3.00. The van der Waals surface area contributed by atoms with Crippen molar-refractivity contribution in [3.05, 3.63) is 12.2 Å². The summed E-state index contributed by atoms with van der Waals surface area (Å²) in [7, 11) is 0. The Kier molecular flexibility index (Phi) is 3.14. The van der Waals surface area contributed by atoms with E-state index in [-0.39, 0.29) is 24.2 Å². The van der Waals surface area contributed by atoms with E-state index in [0.29, 0.717) is 6.54 Å². The van der Waals surface area contributed by atoms with Crippen LogP contribution in [0.15, 0.2) is 12.2 Å². The highest BCUT2D eigenvalue weighted by molar-refractivity contribution is 5.68. The lowest BCUT2D eigenvalue weighted by atomic mass is 9.89. The summed E-state index contributed by atoms with van der Waals surface area (Å²) in [5, 5.41) is 2.85. The lowest BCUT2D eigenvalue weighted by Gasteiger charge is -2.27. The quantitative estimate of drug-likeness (QED) is 0.700. The fourth-order valence-corrected chi connectivity index (χ4v) is 2.30. The van der Waals surface area contributed by atoms with Crippen molar-refractivity contribution in [1.29, 1.82) is 0 Å². The highest BCUT2D eigenvalue weighted by atomic mass is 16.6. The number of carbonyl (C=O) groups is 1. The topological polar surface area (TPSA) is 73.6 Å². The molecular formula is C12H20N2O3. The second-order valence-corrected chi connectivity index (χ2v) is 5.52. The molecule has 2 aliphatic heterocycles. The van der Waals surface area contributed by atoms with E-state index in [9.17, 15) is 4.79 Å². The molecule has 0 aromatic heterocycles. The smallest absolute Gasteiger partial charge is 0.407 e. The molecule has 1 amide bonds. The molecule has 5 nitrogen and oxygen atoms in total. The van der Waals surface area contributed by atoms with Crippen LogP contribution in [0.4, 0.5) is 4.79 Å². The number of rotatable bonds is 2. The van der Waals surface area contributed by atoms with Gasteiger partial charge in [-0.05, 0) is 20.8 Å². The first-order valence-electron chi connectivity index (χ1n) is 5.94. The Hall–Kier alpha value is -1.07. The number of ether oxygens (including phenoxy) is 2. The van der Waals surface area contributed by atoms with Gasteiger partial charge in [-0.2, -0.15) is 0 Å². The Morgan fingerprint density at radius 2 is 2.06 bits per heavy atom. The van der Waals surface area contributed by atoms with Crippen LogP contribution in [-0.2, 0) is 9.47 Å². The molecule has 2 heterocycles. The second-order valence-electron chi connectivity index (χ2n) is 5.52. The van der Waals surface area contributed by atoms with Crippen LogP contribution in [-0.4, -0.2) is 36.5 Å². The number of alkyl carbamates (subject to hydrolysis) is 1. The molecule has 17 heavy (non-hydrogen) atoms. The minimum absolute atomic E-state index is 0.0323. The van der Waals surface area contributed by atoms with Crippen molar-refractivity contribution >= 4 is 6.09 Å². The second kappa shape index (κ2) is 4.31. The molecule has 96 valence electrons. The van der Waals surface area contributed by atoms with Gasteiger partial charge in [-0.25, -0.2) is 4.79 Å². The molecule has 0 aromatic carbocycles. The van der Waals surface area contributed by atoms with Gasteiger partial charge >= 0.3 is 6.09 Å². The van der Waals surface area contributed by atoms with Crippen LogP contribution in [0, 0.1) is 5.92 Å². The van der Waals surface area contributed by atoms with E-state index in [2.05, 4.69) is 5.32 Å². The molecule has 1 fully saturated rings. The van der Waals surface area contributed by atoms with Crippen molar-refractivity contribution in [1.82, 2.24) is 5.32 Å². The standard InChI is InChI=1S/C12H20N2O3/c1-12(2,3)17-11(15)14-10-7(6-13)8-4-5-9(10)16-8/h4-5,7-10H,6,13H2,1-3H3,(H,14,15)/t7-,8?,9?,10-/m0/s1. The van der Waals surface area contributed by atoms with Crippen molar-refractivity contribution in [3.8, 4) is 0 Å². The monoisotopic (exact) mass is 240 g/mol. The van der Waals surface area contributed by atoms with E-state index in [1.807, 2.05) is 32.9 Å². The van der Waals surface area contributed by atoms with Gasteiger partial charge in [-0.15, -0.1) is 0 Å². The van der Waals surface area contributed by atoms with E-state index in [1.54, 1.807) is 0 Å². The maximum absolute atomic E-state index is 11.7. The van der Waals surface area contributed by atoms with Crippen LogP contribution in [0.25, 0.3) is 0 Å². The summed E-state index contributed by atoms with van der Waals surface area (Å²) in [6.07, 6.45) is 3.53. The van der Waals surface area contributed by atoms with Crippen molar-refractivity contribution in [2.75, 3.05) is 6.54 Å². The van der Waals surface area contributed by atoms with E-state index in [4.69, 9.17) is 15.2 Å². The molecule has 0 spiro atoms. The number of carbonyl (C=O) groups excluding carboxylic acids is 1. The van der Waals surface area contributed by atoms with Gasteiger partial charge in [0.15, 0.2) is 0 Å². The molecule has 2 bridgehead atoms. The lowest BCUT2D eigenvalue weighted by Crippen LogP contribution is -2.49. The molecular weight excluding hydrogens is 220 g/mol. The first-order valence-corrected chi connectivity index (χ1v) is 5.94. The number of hydrogen-bond donors (Lipinski definition) is 2. The van der Waals surface area contributed by atoms with Crippen LogP contribution in [0.1, 0.15) is 20.8 Å². The molecule has 1 saturated heterocycles. The van der Waals surface area contributed by atoms with Gasteiger partial charge in [0.1, 0.15) is 5.60 Å². The summed E-state index contributed by atoms with van der Waals surface area (Å²) in [6, 6.07) is -0.0788. The average molecular weight is 240 g/mol. The molecule has 4 atom stereocenters. The molecule has 0 saturated carbocycles. The summed E-state index contributed by atoms with van der Waals surface area (Å²) in [5.74, 6) is 0.137. The number of nitrogens with two attached hydrogens (primary N) is 1. The molecule has 5 heteroatoms. The summed E-state index contributed by atoms with van der Waals surface area (Å²) in [5.41, 5.74) is 5.22. The van der Waals surface area contributed by atoms with Crippen LogP contribution < -0.4 is 11.1 Å². The fourth-order valence-electron chi connectivity index (χ4n) is 2.30. The zero-order valence-corrected chi connectivity index (χ0v) is 10.5. The van der Waals surface area contributed by atoms with Crippen LogP contribution in [0.5, 0.6) is 0 Å². The summed E-state index contributed by atoms with van der Waals surface area (Å²) < 4.78 is 10.9. The third-order valence-electron chi connectivity index (χ3n) is 3.00. The van der Waals surface area contributed by atoms with Gasteiger partial charge in [0.05, 0.1) is 18.2 Å². The minimum atomic E-state index is -0.489. The first-order chi connectivity index (χ1) is 7.90. The van der Waals surface area contributed by atoms with Crippen molar-refractivity contribution in [2.24, 2.45) is 11.7 Å². The summed E-state index contributed by atoms with van der Waals surface area (Å²) in [4.78, 5) is 11.7. The third kappa shape index (κ3) is 2.61. The van der Waals surface area contributed by atoms with Crippen LogP contribution in [0.2, 0.25) is 0 Å². The SMILES string of the molecule is CC(C)(C)OC(=O)N[C@@H]1C2C=CC(O2)[C@@H]1CN. The highest BCUT2D eigenvalue weighted by Crippen LogP contribution is 2.33. The highest BCUT2D eigenvalue weighted by Gasteiger charge is 2.46. The van der Waals surface area contributed by atoms with E-state index in [1.165, 1.54) is 0 Å². The van der Waals surface area contributed by atoms with Gasteiger partial charge in [0.2, 0.25) is 0 Å². The minimum Gasteiger partial charge on any atom is -0.444 e. The number of fused-ring (bicyclic) bond motifs is 2. The molecule has 2 aliphatic rings. The first kappa shape index (κ1) is 12.4. The lowest BCUT2D eigenvalue weighted by molar-refractivity contribution is 0.0473. The van der Waals surface area contributed by atoms with Gasteiger partial charge in [0.25, 0.3) is 0 Å². The summed E-state index contributed by atoms with van der Waals surface area (Å²) in [6.45, 7) is 6.00. The maximum atomic E-state index is 11.7. The zero-order valence-electron chi connectivity index (χ0n) is 10.5. The fraction of sp³-hybridized carbons (Fsp3) is 0.750. The molecule has 0 aliphatic carbocycles. The van der Waals surface area contributed by atoms with Crippen molar-refractivity contribution < 1.29 is 14.3 Å². The normalized spacial score (nSPS) is 35.1. The predicted octanol–water partition coefficient (Wildman–Crippen LogP) is 0.792. The molecule has 0 radical (unpaired) electrons. The number of amides is 1. The van der Waals surface area contributed by atoms with Gasteiger partial charge in [0, 0.05) is 12.5 Å². The van der Waals surface area contributed by atoms with E-state index in [0.717, 1.165) is 0 Å². The maximum Gasteiger partial charge on any atom is 0.407 e. The van der Waals surface area contributed by atoms with Crippen molar-refractivity contribution in [2.45, 2.75) is 44.6 Å². The molecule has 2 unspecified atom stereocenters. The Morgan fingerprint density at radius 1 is 1.41 bits per heavy atom. The molecule has 0 aromatic rings. The van der Waals surface area contributed by atoms with Gasteiger partial charge in [-0.3, -0.25) is 0 Å². The van der Waals surface area contributed by atoms with E-state index < -0.39 is 11.7 Å². The van der Waals surface area contributed by atoms with Crippen LogP contribution in [0.3, 0.4) is 0 Å². The summed E-state index contributed by atoms with van der Waals surface area (Å²) >= 11 is 0. The Bertz CT molecular complexity index is 335. The van der Waals surface area contributed by atoms with Crippen molar-refractivity contribution in [3.63, 3.8) is 0 Å². The van der Waals surface area contributed by atoms with Gasteiger partial charge in [-0.1, -0.05) is 12.2 Å². The largest absolute Gasteiger partial charge is 0.444 e. The van der Waals surface area contributed by atoms with E-state index >= 15 is 0 Å². The Morgan fingerprint density at radius 3 is 2.65 bits per heavy atom. The number of hydrogen-bond acceptors (Lipinski definition) is 4. The van der Waals surface area contributed by atoms with Crippen LogP contribution >= 0.6 is 0 Å².